The highest BCUT2D eigenvalue weighted by atomic mass is 19.1. The second-order valence-corrected chi connectivity index (χ2v) is 5.78. The number of benzene rings is 1. The van der Waals surface area contributed by atoms with E-state index in [9.17, 15) is 18.7 Å². The molecule has 0 aliphatic heterocycles. The third-order valence-electron chi connectivity index (χ3n) is 3.90. The molecule has 1 aromatic carbocycles. The first-order chi connectivity index (χ1) is 10.5. The Morgan fingerprint density at radius 2 is 1.91 bits per heavy atom. The average Bonchev–Trinajstić information content (AvgIpc) is 2.70. The van der Waals surface area contributed by atoms with E-state index < -0.39 is 23.1 Å². The number of amides is 1. The Kier molecular flexibility index (Phi) is 5.71. The first-order valence-electron chi connectivity index (χ1n) is 7.55. The number of carbonyl (C=O) groups excluding carboxylic acids is 1. The standard InChI is InChI=1S/C16H21F2NO3/c17-12-5-6-14(13(18)9-12)22-10-15(20)19-11-16(21)7-3-1-2-4-8-16/h5-6,9,21H,1-4,7-8,10-11H2,(H,19,20). The Labute approximate surface area is 128 Å². The summed E-state index contributed by atoms with van der Waals surface area (Å²) in [6, 6.07) is 2.89. The molecule has 1 amide bonds. The number of halogens is 2. The smallest absolute Gasteiger partial charge is 0.258 e. The first-order valence-corrected chi connectivity index (χ1v) is 7.55. The van der Waals surface area contributed by atoms with E-state index in [0.29, 0.717) is 18.9 Å². The number of aliphatic hydroxyl groups is 1. The highest BCUT2D eigenvalue weighted by Gasteiger charge is 2.28. The van der Waals surface area contributed by atoms with Crippen molar-refractivity contribution in [1.82, 2.24) is 5.32 Å². The molecule has 1 fully saturated rings. The Bertz CT molecular complexity index is 514. The molecule has 0 spiro atoms. The van der Waals surface area contributed by atoms with Crippen molar-refractivity contribution in [2.45, 2.75) is 44.1 Å². The minimum absolute atomic E-state index is 0.168. The summed E-state index contributed by atoms with van der Waals surface area (Å²) < 4.78 is 31.1. The van der Waals surface area contributed by atoms with Crippen LogP contribution in [0, 0.1) is 11.6 Å². The molecular formula is C16H21F2NO3. The molecule has 6 heteroatoms. The molecule has 0 unspecified atom stereocenters. The Balaban J connectivity index is 1.78. The fourth-order valence-electron chi connectivity index (χ4n) is 2.61. The van der Waals surface area contributed by atoms with Crippen LogP contribution in [0.2, 0.25) is 0 Å². The number of hydrogen-bond donors (Lipinski definition) is 2. The Morgan fingerprint density at radius 1 is 1.23 bits per heavy atom. The van der Waals surface area contributed by atoms with Crippen LogP contribution in [0.4, 0.5) is 8.78 Å². The van der Waals surface area contributed by atoms with Gasteiger partial charge in [-0.05, 0) is 25.0 Å². The molecule has 1 aromatic rings. The molecule has 0 heterocycles. The summed E-state index contributed by atoms with van der Waals surface area (Å²) in [6.07, 6.45) is 5.43. The lowest BCUT2D eigenvalue weighted by Crippen LogP contribution is -2.44. The third-order valence-corrected chi connectivity index (χ3v) is 3.90. The van der Waals surface area contributed by atoms with Crippen LogP contribution in [0.25, 0.3) is 0 Å². The molecule has 22 heavy (non-hydrogen) atoms. The van der Waals surface area contributed by atoms with Gasteiger partial charge in [-0.2, -0.15) is 0 Å². The van der Waals surface area contributed by atoms with E-state index in [2.05, 4.69) is 5.32 Å². The zero-order chi connectivity index (χ0) is 16.0. The summed E-state index contributed by atoms with van der Waals surface area (Å²) in [6.45, 7) is -0.209. The van der Waals surface area contributed by atoms with Gasteiger partial charge in [-0.25, -0.2) is 8.78 Å². The van der Waals surface area contributed by atoms with Gasteiger partial charge >= 0.3 is 0 Å². The van der Waals surface area contributed by atoms with Gasteiger partial charge in [0.25, 0.3) is 5.91 Å². The van der Waals surface area contributed by atoms with Gasteiger partial charge in [0, 0.05) is 12.6 Å². The second-order valence-electron chi connectivity index (χ2n) is 5.78. The van der Waals surface area contributed by atoms with Gasteiger partial charge in [-0.3, -0.25) is 4.79 Å². The lowest BCUT2D eigenvalue weighted by Gasteiger charge is -2.26. The van der Waals surface area contributed by atoms with Crippen LogP contribution in [-0.4, -0.2) is 29.8 Å². The minimum atomic E-state index is -0.868. The predicted octanol–water partition coefficient (Wildman–Crippen LogP) is 2.55. The summed E-state index contributed by atoms with van der Waals surface area (Å²) in [7, 11) is 0. The van der Waals surface area contributed by atoms with Crippen LogP contribution in [0.5, 0.6) is 5.75 Å². The highest BCUT2D eigenvalue weighted by Crippen LogP contribution is 2.26. The number of rotatable bonds is 5. The highest BCUT2D eigenvalue weighted by molar-refractivity contribution is 5.77. The average molecular weight is 313 g/mol. The van der Waals surface area contributed by atoms with Crippen molar-refractivity contribution >= 4 is 5.91 Å². The molecule has 0 radical (unpaired) electrons. The van der Waals surface area contributed by atoms with Crippen LogP contribution in [0.15, 0.2) is 18.2 Å². The molecule has 2 rings (SSSR count). The molecule has 0 saturated heterocycles. The van der Waals surface area contributed by atoms with Crippen molar-refractivity contribution in [1.29, 1.82) is 0 Å². The first kappa shape index (κ1) is 16.7. The van der Waals surface area contributed by atoms with E-state index in [-0.39, 0.29) is 18.9 Å². The van der Waals surface area contributed by atoms with Crippen LogP contribution < -0.4 is 10.1 Å². The van der Waals surface area contributed by atoms with E-state index >= 15 is 0 Å². The van der Waals surface area contributed by atoms with E-state index in [4.69, 9.17) is 4.74 Å². The molecule has 0 bridgehead atoms. The Morgan fingerprint density at radius 3 is 2.55 bits per heavy atom. The minimum Gasteiger partial charge on any atom is -0.481 e. The third kappa shape index (κ3) is 4.94. The van der Waals surface area contributed by atoms with Gasteiger partial charge in [-0.1, -0.05) is 25.7 Å². The van der Waals surface area contributed by atoms with Crippen molar-refractivity contribution in [3.63, 3.8) is 0 Å². The van der Waals surface area contributed by atoms with Crippen LogP contribution >= 0.6 is 0 Å². The normalized spacial score (nSPS) is 17.6. The number of nitrogens with one attached hydrogen (secondary N) is 1. The fraction of sp³-hybridized carbons (Fsp3) is 0.562. The van der Waals surface area contributed by atoms with E-state index in [1.54, 1.807) is 0 Å². The van der Waals surface area contributed by atoms with Gasteiger partial charge in [0.2, 0.25) is 0 Å². The van der Waals surface area contributed by atoms with Crippen LogP contribution in [-0.2, 0) is 4.79 Å². The Hall–Kier alpha value is -1.69. The zero-order valence-corrected chi connectivity index (χ0v) is 12.4. The summed E-state index contributed by atoms with van der Waals surface area (Å²) in [5, 5.41) is 13.0. The van der Waals surface area contributed by atoms with Crippen molar-refractivity contribution in [2.24, 2.45) is 0 Å². The zero-order valence-electron chi connectivity index (χ0n) is 12.4. The van der Waals surface area contributed by atoms with Crippen molar-refractivity contribution in [2.75, 3.05) is 13.2 Å². The lowest BCUT2D eigenvalue weighted by atomic mass is 9.94. The second kappa shape index (κ2) is 7.54. The van der Waals surface area contributed by atoms with Gasteiger partial charge in [-0.15, -0.1) is 0 Å². The van der Waals surface area contributed by atoms with E-state index in [1.165, 1.54) is 0 Å². The molecular weight excluding hydrogens is 292 g/mol. The molecule has 122 valence electrons. The molecule has 0 aromatic heterocycles. The topological polar surface area (TPSA) is 58.6 Å². The van der Waals surface area contributed by atoms with Crippen LogP contribution in [0.3, 0.4) is 0 Å². The SMILES string of the molecule is O=C(COc1ccc(F)cc1F)NCC1(O)CCCCCC1. The van der Waals surface area contributed by atoms with Crippen LogP contribution in [0.1, 0.15) is 38.5 Å². The summed E-state index contributed by atoms with van der Waals surface area (Å²) >= 11 is 0. The van der Waals surface area contributed by atoms with Gasteiger partial charge in [0.15, 0.2) is 18.2 Å². The monoisotopic (exact) mass is 313 g/mol. The maximum absolute atomic E-state index is 13.3. The maximum Gasteiger partial charge on any atom is 0.258 e. The van der Waals surface area contributed by atoms with Gasteiger partial charge < -0.3 is 15.2 Å². The lowest BCUT2D eigenvalue weighted by molar-refractivity contribution is -0.124. The van der Waals surface area contributed by atoms with E-state index in [0.717, 1.165) is 37.8 Å². The number of hydrogen-bond acceptors (Lipinski definition) is 3. The van der Waals surface area contributed by atoms with Crippen molar-refractivity contribution in [3.05, 3.63) is 29.8 Å². The molecule has 0 atom stereocenters. The number of carbonyl (C=O) groups is 1. The summed E-state index contributed by atoms with van der Waals surface area (Å²) in [5.74, 6) is -2.17. The van der Waals surface area contributed by atoms with Crippen molar-refractivity contribution in [3.8, 4) is 5.75 Å². The maximum atomic E-state index is 13.3. The van der Waals surface area contributed by atoms with Gasteiger partial charge in [0.1, 0.15) is 5.82 Å². The molecule has 2 N–H and O–H groups in total. The van der Waals surface area contributed by atoms with E-state index in [1.807, 2.05) is 0 Å². The summed E-state index contributed by atoms with van der Waals surface area (Å²) in [5.41, 5.74) is -0.868. The quantitative estimate of drug-likeness (QED) is 0.821. The molecule has 4 nitrogen and oxygen atoms in total. The van der Waals surface area contributed by atoms with Gasteiger partial charge in [0.05, 0.1) is 5.60 Å². The summed E-state index contributed by atoms with van der Waals surface area (Å²) in [4.78, 5) is 11.7. The molecule has 1 saturated carbocycles. The van der Waals surface area contributed by atoms with Crippen molar-refractivity contribution < 1.29 is 23.4 Å². The predicted molar refractivity (Wildman–Crippen MR) is 77.5 cm³/mol. The number of ether oxygens (including phenoxy) is 1. The largest absolute Gasteiger partial charge is 0.481 e. The fourth-order valence-corrected chi connectivity index (χ4v) is 2.61. The molecule has 1 aliphatic rings. The molecule has 1 aliphatic carbocycles.